The van der Waals surface area contributed by atoms with Crippen LogP contribution in [0.2, 0.25) is 0 Å². The lowest BCUT2D eigenvalue weighted by atomic mass is 10.1. The number of ether oxygens (including phenoxy) is 1. The average molecular weight is 294 g/mol. The van der Waals surface area contributed by atoms with Crippen LogP contribution in [0.15, 0.2) is 61.2 Å². The van der Waals surface area contributed by atoms with E-state index in [1.54, 1.807) is 17.3 Å². The van der Waals surface area contributed by atoms with Crippen LogP contribution in [-0.2, 0) is 13.2 Å². The Kier molecular flexibility index (Phi) is 4.34. The molecule has 0 aliphatic rings. The van der Waals surface area contributed by atoms with Crippen molar-refractivity contribution < 1.29 is 4.74 Å². The van der Waals surface area contributed by atoms with E-state index >= 15 is 0 Å². The maximum Gasteiger partial charge on any atom is 0.138 e. The summed E-state index contributed by atoms with van der Waals surface area (Å²) in [6.07, 6.45) is 3.25. The van der Waals surface area contributed by atoms with E-state index in [1.165, 1.54) is 11.1 Å². The highest BCUT2D eigenvalue weighted by Crippen LogP contribution is 2.16. The molecule has 0 aliphatic heterocycles. The van der Waals surface area contributed by atoms with Gasteiger partial charge in [-0.25, -0.2) is 4.68 Å². The SMILES string of the molecule is Cc1ccccc1COc1cccc(CNn2cnnc2)c1. The molecule has 0 atom stereocenters. The van der Waals surface area contributed by atoms with Crippen molar-refractivity contribution in [2.45, 2.75) is 20.1 Å². The highest BCUT2D eigenvalue weighted by molar-refractivity contribution is 5.30. The minimum atomic E-state index is 0.578. The third-order valence-corrected chi connectivity index (χ3v) is 3.44. The van der Waals surface area contributed by atoms with Gasteiger partial charge in [-0.1, -0.05) is 36.4 Å². The van der Waals surface area contributed by atoms with Gasteiger partial charge < -0.3 is 10.2 Å². The van der Waals surface area contributed by atoms with Crippen molar-refractivity contribution in [1.29, 1.82) is 0 Å². The lowest BCUT2D eigenvalue weighted by Gasteiger charge is -2.11. The average Bonchev–Trinajstić information content (AvgIpc) is 3.06. The summed E-state index contributed by atoms with van der Waals surface area (Å²) in [5, 5.41) is 7.50. The molecule has 112 valence electrons. The highest BCUT2D eigenvalue weighted by atomic mass is 16.5. The first-order valence-electron chi connectivity index (χ1n) is 7.16. The van der Waals surface area contributed by atoms with Gasteiger partial charge in [0.1, 0.15) is 25.0 Å². The summed E-state index contributed by atoms with van der Waals surface area (Å²) in [4.78, 5) is 0. The monoisotopic (exact) mass is 294 g/mol. The first kappa shape index (κ1) is 14.1. The van der Waals surface area contributed by atoms with Crippen LogP contribution in [0.1, 0.15) is 16.7 Å². The summed E-state index contributed by atoms with van der Waals surface area (Å²) in [5.74, 6) is 0.867. The maximum atomic E-state index is 5.89. The van der Waals surface area contributed by atoms with Gasteiger partial charge in [0.2, 0.25) is 0 Å². The molecule has 0 aliphatic carbocycles. The van der Waals surface area contributed by atoms with Gasteiger partial charge in [0, 0.05) is 0 Å². The third kappa shape index (κ3) is 3.63. The molecule has 1 aromatic heterocycles. The smallest absolute Gasteiger partial charge is 0.138 e. The van der Waals surface area contributed by atoms with Crippen molar-refractivity contribution in [1.82, 2.24) is 14.9 Å². The van der Waals surface area contributed by atoms with Crippen LogP contribution in [-0.4, -0.2) is 14.9 Å². The summed E-state index contributed by atoms with van der Waals surface area (Å²) in [6.45, 7) is 3.35. The van der Waals surface area contributed by atoms with Gasteiger partial charge in [-0.05, 0) is 35.7 Å². The van der Waals surface area contributed by atoms with Crippen LogP contribution in [0.25, 0.3) is 0 Å². The molecule has 0 radical (unpaired) electrons. The predicted molar refractivity (Wildman–Crippen MR) is 85.0 cm³/mol. The molecule has 0 bridgehead atoms. The Labute approximate surface area is 129 Å². The standard InChI is InChI=1S/C17H18N4O/c1-14-5-2-3-7-16(14)11-22-17-8-4-6-15(9-17)10-20-21-12-18-19-13-21/h2-9,12-13,20H,10-11H2,1H3. The number of hydrogen-bond donors (Lipinski definition) is 1. The second kappa shape index (κ2) is 6.76. The molecule has 22 heavy (non-hydrogen) atoms. The normalized spacial score (nSPS) is 10.4. The van der Waals surface area contributed by atoms with E-state index < -0.39 is 0 Å². The van der Waals surface area contributed by atoms with Crippen molar-refractivity contribution >= 4 is 0 Å². The Bertz CT molecular complexity index is 725. The second-order valence-corrected chi connectivity index (χ2v) is 5.07. The van der Waals surface area contributed by atoms with Gasteiger partial charge in [0.15, 0.2) is 0 Å². The zero-order valence-corrected chi connectivity index (χ0v) is 12.4. The molecule has 0 spiro atoms. The molecule has 1 N–H and O–H groups in total. The molecule has 3 aromatic rings. The number of nitrogens with one attached hydrogen (secondary N) is 1. The zero-order valence-electron chi connectivity index (χ0n) is 12.4. The van der Waals surface area contributed by atoms with Gasteiger partial charge in [0.25, 0.3) is 0 Å². The molecule has 5 heteroatoms. The van der Waals surface area contributed by atoms with E-state index in [-0.39, 0.29) is 0 Å². The topological polar surface area (TPSA) is 52.0 Å². The summed E-state index contributed by atoms with van der Waals surface area (Å²) in [5.41, 5.74) is 6.77. The third-order valence-electron chi connectivity index (χ3n) is 3.44. The quantitative estimate of drug-likeness (QED) is 0.759. The van der Waals surface area contributed by atoms with E-state index in [9.17, 15) is 0 Å². The zero-order chi connectivity index (χ0) is 15.2. The van der Waals surface area contributed by atoms with Crippen LogP contribution in [0.5, 0.6) is 5.75 Å². The fourth-order valence-electron chi connectivity index (χ4n) is 2.14. The van der Waals surface area contributed by atoms with Crippen molar-refractivity contribution in [2.24, 2.45) is 0 Å². The molecule has 2 aromatic carbocycles. The van der Waals surface area contributed by atoms with Crippen LogP contribution in [0.3, 0.4) is 0 Å². The fourth-order valence-corrected chi connectivity index (χ4v) is 2.14. The Morgan fingerprint density at radius 1 is 1.05 bits per heavy atom. The minimum Gasteiger partial charge on any atom is -0.489 e. The first-order valence-corrected chi connectivity index (χ1v) is 7.16. The van der Waals surface area contributed by atoms with Gasteiger partial charge in [-0.3, -0.25) is 0 Å². The van der Waals surface area contributed by atoms with E-state index in [4.69, 9.17) is 4.74 Å². The van der Waals surface area contributed by atoms with Crippen molar-refractivity contribution in [3.05, 3.63) is 77.9 Å². The molecular formula is C17H18N4O. The van der Waals surface area contributed by atoms with Crippen LogP contribution in [0.4, 0.5) is 0 Å². The van der Waals surface area contributed by atoms with Gasteiger partial charge in [-0.15, -0.1) is 10.2 Å². The maximum absolute atomic E-state index is 5.89. The lowest BCUT2D eigenvalue weighted by Crippen LogP contribution is -2.12. The molecule has 1 heterocycles. The molecule has 5 nitrogen and oxygen atoms in total. The summed E-state index contributed by atoms with van der Waals surface area (Å²) >= 11 is 0. The molecule has 0 amide bonds. The molecule has 0 saturated carbocycles. The first-order chi connectivity index (χ1) is 10.8. The highest BCUT2D eigenvalue weighted by Gasteiger charge is 2.01. The number of nitrogens with zero attached hydrogens (tertiary/aromatic N) is 3. The van der Waals surface area contributed by atoms with Crippen LogP contribution >= 0.6 is 0 Å². The number of aromatic nitrogens is 3. The number of benzene rings is 2. The van der Waals surface area contributed by atoms with Crippen LogP contribution < -0.4 is 10.2 Å². The van der Waals surface area contributed by atoms with E-state index in [0.717, 1.165) is 11.3 Å². The van der Waals surface area contributed by atoms with Crippen molar-refractivity contribution in [3.8, 4) is 5.75 Å². The van der Waals surface area contributed by atoms with Crippen molar-refractivity contribution in [3.63, 3.8) is 0 Å². The number of hydrogen-bond acceptors (Lipinski definition) is 4. The van der Waals surface area contributed by atoms with Gasteiger partial charge in [-0.2, -0.15) is 0 Å². The van der Waals surface area contributed by atoms with E-state index in [2.05, 4.69) is 40.7 Å². The molecule has 0 unspecified atom stereocenters. The summed E-state index contributed by atoms with van der Waals surface area (Å²) in [7, 11) is 0. The van der Waals surface area contributed by atoms with E-state index in [0.29, 0.717) is 13.2 Å². The summed E-state index contributed by atoms with van der Waals surface area (Å²) in [6, 6.07) is 16.3. The Hall–Kier alpha value is -2.82. The molecule has 3 rings (SSSR count). The Morgan fingerprint density at radius 2 is 1.86 bits per heavy atom. The van der Waals surface area contributed by atoms with Crippen LogP contribution in [0, 0.1) is 6.92 Å². The van der Waals surface area contributed by atoms with Gasteiger partial charge in [0.05, 0.1) is 6.54 Å². The molecular weight excluding hydrogens is 276 g/mol. The fraction of sp³-hybridized carbons (Fsp3) is 0.176. The van der Waals surface area contributed by atoms with Crippen molar-refractivity contribution in [2.75, 3.05) is 5.43 Å². The summed E-state index contributed by atoms with van der Waals surface area (Å²) < 4.78 is 7.61. The van der Waals surface area contributed by atoms with Gasteiger partial charge >= 0.3 is 0 Å². The molecule has 0 saturated heterocycles. The number of aryl methyl sites for hydroxylation is 1. The molecule has 0 fully saturated rings. The Balaban J connectivity index is 1.60. The minimum absolute atomic E-state index is 0.578. The Morgan fingerprint density at radius 3 is 2.68 bits per heavy atom. The largest absolute Gasteiger partial charge is 0.489 e. The second-order valence-electron chi connectivity index (χ2n) is 5.07. The van der Waals surface area contributed by atoms with E-state index in [1.807, 2.05) is 30.3 Å². The predicted octanol–water partition coefficient (Wildman–Crippen LogP) is 2.91. The lowest BCUT2D eigenvalue weighted by molar-refractivity contribution is 0.305. The number of rotatable bonds is 6.